The number of imidazole rings is 1. The average Bonchev–Trinajstić information content (AvgIpc) is 3.05. The zero-order valence-electron chi connectivity index (χ0n) is 18.6. The van der Waals surface area contributed by atoms with Crippen molar-refractivity contribution in [1.29, 1.82) is 0 Å². The first kappa shape index (κ1) is 20.2. The summed E-state index contributed by atoms with van der Waals surface area (Å²) in [4.78, 5) is 4.97. The summed E-state index contributed by atoms with van der Waals surface area (Å²) >= 11 is 0. The molecule has 2 heterocycles. The number of anilines is 1. The van der Waals surface area contributed by atoms with E-state index in [9.17, 15) is 0 Å². The Labute approximate surface area is 179 Å². The van der Waals surface area contributed by atoms with Crippen LogP contribution in [0.5, 0.6) is 0 Å². The van der Waals surface area contributed by atoms with Gasteiger partial charge in [0.2, 0.25) is 0 Å². The van der Waals surface area contributed by atoms with Crippen LogP contribution in [-0.4, -0.2) is 14.9 Å². The monoisotopic (exact) mass is 397 g/mol. The van der Waals surface area contributed by atoms with Crippen molar-refractivity contribution in [3.05, 3.63) is 79.0 Å². The van der Waals surface area contributed by atoms with Crippen molar-refractivity contribution in [2.75, 3.05) is 5.32 Å². The van der Waals surface area contributed by atoms with Crippen LogP contribution in [0.1, 0.15) is 41.0 Å². The van der Waals surface area contributed by atoms with Crippen molar-refractivity contribution >= 4 is 11.5 Å². The fraction of sp³-hybridized carbons (Fsp3) is 0.296. The first-order chi connectivity index (χ1) is 14.2. The van der Waals surface area contributed by atoms with Gasteiger partial charge in [0, 0.05) is 17.3 Å². The highest BCUT2D eigenvalue weighted by atomic mass is 15.2. The highest BCUT2D eigenvalue weighted by molar-refractivity contribution is 5.78. The van der Waals surface area contributed by atoms with Crippen LogP contribution in [0.25, 0.3) is 28.0 Å². The number of nitrogens with zero attached hydrogens (tertiary/aromatic N) is 2. The highest BCUT2D eigenvalue weighted by Crippen LogP contribution is 2.35. The minimum atomic E-state index is -0.0667. The number of aromatic nitrogens is 2. The van der Waals surface area contributed by atoms with Gasteiger partial charge in [0.15, 0.2) is 0 Å². The summed E-state index contributed by atoms with van der Waals surface area (Å²) in [7, 11) is 0. The lowest BCUT2D eigenvalue weighted by Crippen LogP contribution is -2.36. The summed E-state index contributed by atoms with van der Waals surface area (Å²) in [5.41, 5.74) is 5.66. The van der Waals surface area contributed by atoms with Crippen LogP contribution in [0, 0.1) is 5.41 Å². The molecule has 0 amide bonds. The van der Waals surface area contributed by atoms with Gasteiger partial charge < -0.3 is 5.32 Å². The number of hydrogen-bond donors (Lipinski definition) is 1. The molecule has 0 aliphatic rings. The van der Waals surface area contributed by atoms with Crippen LogP contribution in [0.4, 0.5) is 5.82 Å². The number of hydrogen-bond acceptors (Lipinski definition) is 2. The summed E-state index contributed by atoms with van der Waals surface area (Å²) in [6.07, 6.45) is 3.13. The Morgan fingerprint density at radius 3 is 2.00 bits per heavy atom. The highest BCUT2D eigenvalue weighted by Gasteiger charge is 2.28. The zero-order valence-corrected chi connectivity index (χ0v) is 18.6. The second-order valence-electron chi connectivity index (χ2n) is 9.93. The summed E-state index contributed by atoms with van der Waals surface area (Å²) in [5, 5.41) is 3.81. The van der Waals surface area contributed by atoms with Crippen LogP contribution in [-0.2, 0) is 0 Å². The molecule has 0 unspecified atom stereocenters. The molecule has 2 aromatic heterocycles. The molecule has 0 bridgehead atoms. The Hall–Kier alpha value is -3.07. The van der Waals surface area contributed by atoms with Crippen LogP contribution in [0.2, 0.25) is 0 Å². The molecule has 0 aliphatic heterocycles. The van der Waals surface area contributed by atoms with Crippen molar-refractivity contribution in [2.24, 2.45) is 5.41 Å². The molecule has 0 radical (unpaired) electrons. The molecule has 0 saturated heterocycles. The Bertz CT molecular complexity index is 1130. The first-order valence-electron chi connectivity index (χ1n) is 10.6. The molecule has 3 nitrogen and oxygen atoms in total. The largest absolute Gasteiger partial charge is 0.364 e. The molecule has 154 valence electrons. The minimum Gasteiger partial charge on any atom is -0.364 e. The Kier molecular flexibility index (Phi) is 5.15. The quantitative estimate of drug-likeness (QED) is 0.383. The van der Waals surface area contributed by atoms with Crippen molar-refractivity contribution < 1.29 is 0 Å². The molecule has 0 aliphatic carbocycles. The van der Waals surface area contributed by atoms with E-state index in [4.69, 9.17) is 4.98 Å². The number of rotatable bonds is 5. The number of pyridine rings is 1. The fourth-order valence-electron chi connectivity index (χ4n) is 4.46. The van der Waals surface area contributed by atoms with Gasteiger partial charge in [0.1, 0.15) is 17.2 Å². The summed E-state index contributed by atoms with van der Waals surface area (Å²) in [5.74, 6) is 1.05. The molecule has 3 heteroatoms. The van der Waals surface area contributed by atoms with Gasteiger partial charge in [-0.3, -0.25) is 4.40 Å². The van der Waals surface area contributed by atoms with Crippen LogP contribution in [0.15, 0.2) is 79.0 Å². The Balaban J connectivity index is 1.75. The molecule has 0 atom stereocenters. The molecule has 0 saturated carbocycles. The van der Waals surface area contributed by atoms with E-state index in [-0.39, 0.29) is 11.0 Å². The van der Waals surface area contributed by atoms with Crippen molar-refractivity contribution in [3.63, 3.8) is 0 Å². The van der Waals surface area contributed by atoms with E-state index < -0.39 is 0 Å². The van der Waals surface area contributed by atoms with Crippen LogP contribution < -0.4 is 5.32 Å². The van der Waals surface area contributed by atoms with Gasteiger partial charge in [-0.15, -0.1) is 0 Å². The maximum atomic E-state index is 4.97. The van der Waals surface area contributed by atoms with Gasteiger partial charge in [-0.25, -0.2) is 4.98 Å². The third kappa shape index (κ3) is 4.40. The fourth-order valence-corrected chi connectivity index (χ4v) is 4.46. The average molecular weight is 398 g/mol. The van der Waals surface area contributed by atoms with Gasteiger partial charge in [-0.05, 0) is 48.9 Å². The molecule has 1 N–H and O–H groups in total. The van der Waals surface area contributed by atoms with E-state index in [1.807, 2.05) is 12.1 Å². The number of nitrogens with one attached hydrogen (secondary N) is 1. The SMILES string of the molecule is CC(C)(C)CC(C)(C)Nc1c(-c2ccc(-c3ccccc3)cc2)nc2ccccn12. The van der Waals surface area contributed by atoms with Crippen molar-refractivity contribution in [3.8, 4) is 22.4 Å². The molecular weight excluding hydrogens is 366 g/mol. The summed E-state index contributed by atoms with van der Waals surface area (Å²) in [6.45, 7) is 11.4. The maximum Gasteiger partial charge on any atom is 0.139 e. The Morgan fingerprint density at radius 1 is 0.733 bits per heavy atom. The third-order valence-electron chi connectivity index (χ3n) is 5.22. The van der Waals surface area contributed by atoms with Crippen LogP contribution >= 0.6 is 0 Å². The maximum absolute atomic E-state index is 4.97. The summed E-state index contributed by atoms with van der Waals surface area (Å²) < 4.78 is 2.16. The molecular formula is C27H31N3. The minimum absolute atomic E-state index is 0.0667. The van der Waals surface area contributed by atoms with E-state index in [1.165, 1.54) is 11.1 Å². The molecule has 4 aromatic rings. The van der Waals surface area contributed by atoms with Gasteiger partial charge >= 0.3 is 0 Å². The van der Waals surface area contributed by atoms with E-state index in [2.05, 4.69) is 111 Å². The smallest absolute Gasteiger partial charge is 0.139 e. The van der Waals surface area contributed by atoms with E-state index >= 15 is 0 Å². The van der Waals surface area contributed by atoms with E-state index in [1.54, 1.807) is 0 Å². The van der Waals surface area contributed by atoms with E-state index in [0.29, 0.717) is 0 Å². The lowest BCUT2D eigenvalue weighted by Gasteiger charge is -2.34. The topological polar surface area (TPSA) is 29.3 Å². The van der Waals surface area contributed by atoms with Gasteiger partial charge in [-0.1, -0.05) is 81.4 Å². The zero-order chi connectivity index (χ0) is 21.4. The molecule has 4 rings (SSSR count). The van der Waals surface area contributed by atoms with E-state index in [0.717, 1.165) is 29.1 Å². The molecule has 2 aromatic carbocycles. The second kappa shape index (κ2) is 7.64. The predicted molar refractivity (Wildman–Crippen MR) is 128 cm³/mol. The lowest BCUT2D eigenvalue weighted by molar-refractivity contribution is 0.302. The van der Waals surface area contributed by atoms with Crippen molar-refractivity contribution in [1.82, 2.24) is 9.38 Å². The number of benzene rings is 2. The summed E-state index contributed by atoms with van der Waals surface area (Å²) in [6, 6.07) is 25.3. The third-order valence-corrected chi connectivity index (χ3v) is 5.22. The van der Waals surface area contributed by atoms with Gasteiger partial charge in [-0.2, -0.15) is 0 Å². The predicted octanol–water partition coefficient (Wildman–Crippen LogP) is 7.30. The van der Waals surface area contributed by atoms with Crippen molar-refractivity contribution in [2.45, 2.75) is 46.6 Å². The van der Waals surface area contributed by atoms with Gasteiger partial charge in [0.25, 0.3) is 0 Å². The lowest BCUT2D eigenvalue weighted by atomic mass is 9.82. The molecule has 30 heavy (non-hydrogen) atoms. The Morgan fingerprint density at radius 2 is 1.33 bits per heavy atom. The molecule has 0 spiro atoms. The molecule has 0 fully saturated rings. The standard InChI is InChI=1S/C27H31N3/c1-26(2,3)19-27(4,5)29-25-24(28-23-13-9-10-18-30(23)25)22-16-14-21(15-17-22)20-11-7-6-8-12-20/h6-18,29H,19H2,1-5H3. The second-order valence-corrected chi connectivity index (χ2v) is 9.93. The number of fused-ring (bicyclic) bond motifs is 1. The first-order valence-corrected chi connectivity index (χ1v) is 10.6. The van der Waals surface area contributed by atoms with Crippen LogP contribution in [0.3, 0.4) is 0 Å². The van der Waals surface area contributed by atoms with Gasteiger partial charge in [0.05, 0.1) is 0 Å². The normalized spacial score (nSPS) is 12.3.